The average Bonchev–Trinajstić information content (AvgIpc) is 3.01. The molecule has 3 aromatic rings. The number of hydrogen-bond acceptors (Lipinski definition) is 6. The predicted octanol–water partition coefficient (Wildman–Crippen LogP) is 2.66. The molecule has 1 aliphatic rings. The lowest BCUT2D eigenvalue weighted by Crippen LogP contribution is -2.48. The van der Waals surface area contributed by atoms with Crippen molar-refractivity contribution >= 4 is 28.7 Å². The fourth-order valence-electron chi connectivity index (χ4n) is 3.43. The minimum absolute atomic E-state index is 0.208. The van der Waals surface area contributed by atoms with E-state index in [1.54, 1.807) is 70.5 Å². The molecule has 0 atom stereocenters. The second kappa shape index (κ2) is 7.47. The first-order chi connectivity index (χ1) is 14.4. The highest BCUT2D eigenvalue weighted by atomic mass is 16.5. The molecule has 0 saturated carbocycles. The summed E-state index contributed by atoms with van der Waals surface area (Å²) in [5.74, 6) is 1.50. The molecule has 0 unspecified atom stereocenters. The second-order valence-corrected chi connectivity index (χ2v) is 6.71. The van der Waals surface area contributed by atoms with Crippen LogP contribution < -0.4 is 20.0 Å². The summed E-state index contributed by atoms with van der Waals surface area (Å²) >= 11 is 0. The number of ether oxygens (including phenoxy) is 2. The van der Waals surface area contributed by atoms with E-state index in [9.17, 15) is 9.59 Å². The Bertz CT molecular complexity index is 1290. The summed E-state index contributed by atoms with van der Waals surface area (Å²) in [7, 11) is 3.10. The van der Waals surface area contributed by atoms with Crippen LogP contribution in [0.5, 0.6) is 11.5 Å². The third-order valence-corrected chi connectivity index (χ3v) is 4.83. The van der Waals surface area contributed by atoms with Crippen LogP contribution in [-0.4, -0.2) is 35.6 Å². The van der Waals surface area contributed by atoms with E-state index in [-0.39, 0.29) is 11.3 Å². The maximum atomic E-state index is 13.1. The van der Waals surface area contributed by atoms with Crippen molar-refractivity contribution in [2.75, 3.05) is 19.2 Å². The van der Waals surface area contributed by atoms with Gasteiger partial charge in [0.25, 0.3) is 11.5 Å². The molecule has 0 spiro atoms. The Balaban J connectivity index is 1.77. The number of aromatic nitrogens is 2. The maximum Gasteiger partial charge on any atom is 0.297 e. The third kappa shape index (κ3) is 3.12. The van der Waals surface area contributed by atoms with Crippen molar-refractivity contribution in [3.8, 4) is 11.5 Å². The van der Waals surface area contributed by atoms with Crippen LogP contribution in [0.3, 0.4) is 0 Å². The first kappa shape index (κ1) is 19.4. The number of carbonyl (C=O) groups is 1. The topological polar surface area (TPSA) is 86.0 Å². The lowest BCUT2D eigenvalue weighted by Gasteiger charge is -2.20. The number of fused-ring (bicyclic) bond motifs is 1. The summed E-state index contributed by atoms with van der Waals surface area (Å²) in [4.78, 5) is 35.1. The smallest absolute Gasteiger partial charge is 0.297 e. The first-order valence-electron chi connectivity index (χ1n) is 9.26. The van der Waals surface area contributed by atoms with Crippen molar-refractivity contribution in [3.05, 3.63) is 69.9 Å². The number of nitrogens with zero attached hydrogens (tertiary/aromatic N) is 4. The number of para-hydroxylation sites is 1. The molecule has 30 heavy (non-hydrogen) atoms. The van der Waals surface area contributed by atoms with Crippen molar-refractivity contribution in [3.63, 3.8) is 0 Å². The van der Waals surface area contributed by atoms with Gasteiger partial charge in [0.2, 0.25) is 0 Å². The van der Waals surface area contributed by atoms with Gasteiger partial charge in [0.05, 0.1) is 25.1 Å². The number of rotatable bonds is 4. The quantitative estimate of drug-likeness (QED) is 0.624. The van der Waals surface area contributed by atoms with Gasteiger partial charge in [-0.1, -0.05) is 18.2 Å². The van der Waals surface area contributed by atoms with Crippen molar-refractivity contribution in [2.45, 2.75) is 13.8 Å². The molecule has 0 fully saturated rings. The number of aliphatic imine (C=N–C) groups is 1. The van der Waals surface area contributed by atoms with E-state index >= 15 is 0 Å². The van der Waals surface area contributed by atoms with E-state index in [2.05, 4.69) is 9.98 Å². The first-order valence-corrected chi connectivity index (χ1v) is 9.26. The monoisotopic (exact) mass is 404 g/mol. The predicted molar refractivity (Wildman–Crippen MR) is 115 cm³/mol. The molecule has 0 saturated heterocycles. The van der Waals surface area contributed by atoms with Gasteiger partial charge in [0, 0.05) is 0 Å². The highest BCUT2D eigenvalue weighted by molar-refractivity contribution is 6.23. The van der Waals surface area contributed by atoms with E-state index in [0.29, 0.717) is 34.1 Å². The highest BCUT2D eigenvalue weighted by Crippen LogP contribution is 2.29. The molecule has 1 aromatic heterocycles. The summed E-state index contributed by atoms with van der Waals surface area (Å²) in [5, 5.41) is 1.69. The van der Waals surface area contributed by atoms with Crippen molar-refractivity contribution in [1.29, 1.82) is 0 Å². The zero-order valence-corrected chi connectivity index (χ0v) is 17.0. The zero-order chi connectivity index (χ0) is 21.4. The normalized spacial score (nSPS) is 15.1. The van der Waals surface area contributed by atoms with Gasteiger partial charge in [-0.15, -0.1) is 0 Å². The van der Waals surface area contributed by atoms with Crippen LogP contribution in [0.2, 0.25) is 0 Å². The Kier molecular flexibility index (Phi) is 4.83. The molecule has 0 N–H and O–H groups in total. The summed E-state index contributed by atoms with van der Waals surface area (Å²) < 4.78 is 11.8. The summed E-state index contributed by atoms with van der Waals surface area (Å²) in [6.45, 7) is 3.36. The summed E-state index contributed by atoms with van der Waals surface area (Å²) in [5.41, 5.74) is 1.18. The number of benzene rings is 2. The SMILES string of the molecule is COc1ccc(/C=C2/N=C(C)N(n3c(C)nc4ccccc4c3=O)C2=O)cc1OC. The highest BCUT2D eigenvalue weighted by Gasteiger charge is 2.31. The number of amidine groups is 1. The second-order valence-electron chi connectivity index (χ2n) is 6.71. The van der Waals surface area contributed by atoms with Crippen LogP contribution in [0.15, 0.2) is 57.9 Å². The minimum atomic E-state index is -0.412. The molecule has 0 bridgehead atoms. The standard InChI is InChI=1S/C22H20N4O4/c1-13-23-17-8-6-5-7-16(17)21(27)25(13)26-14(2)24-18(22(26)28)11-15-9-10-19(29-3)20(12-15)30-4/h5-12H,1-4H3/b18-11+. The van der Waals surface area contributed by atoms with E-state index in [0.717, 1.165) is 5.56 Å². The molecule has 152 valence electrons. The van der Waals surface area contributed by atoms with Crippen LogP contribution >= 0.6 is 0 Å². The zero-order valence-electron chi connectivity index (χ0n) is 17.0. The lowest BCUT2D eigenvalue weighted by molar-refractivity contribution is -0.115. The van der Waals surface area contributed by atoms with Crippen LogP contribution in [0.25, 0.3) is 17.0 Å². The van der Waals surface area contributed by atoms with Gasteiger partial charge in [-0.05, 0) is 49.8 Å². The van der Waals surface area contributed by atoms with Crippen molar-refractivity contribution in [1.82, 2.24) is 9.66 Å². The molecule has 8 heteroatoms. The molecule has 2 aromatic carbocycles. The third-order valence-electron chi connectivity index (χ3n) is 4.83. The molecular formula is C22H20N4O4. The number of carbonyl (C=O) groups excluding carboxylic acids is 1. The Hall–Kier alpha value is -3.94. The molecular weight excluding hydrogens is 384 g/mol. The number of hydrogen-bond donors (Lipinski definition) is 0. The van der Waals surface area contributed by atoms with Crippen LogP contribution in [-0.2, 0) is 4.79 Å². The van der Waals surface area contributed by atoms with E-state index in [1.165, 1.54) is 9.69 Å². The largest absolute Gasteiger partial charge is 0.493 e. The van der Waals surface area contributed by atoms with Crippen LogP contribution in [0.1, 0.15) is 18.3 Å². The molecule has 0 aliphatic carbocycles. The van der Waals surface area contributed by atoms with E-state index in [1.807, 2.05) is 6.07 Å². The fraction of sp³-hybridized carbons (Fsp3) is 0.182. The Morgan fingerprint density at radius 1 is 0.967 bits per heavy atom. The minimum Gasteiger partial charge on any atom is -0.493 e. The molecule has 0 radical (unpaired) electrons. The van der Waals surface area contributed by atoms with E-state index in [4.69, 9.17) is 9.47 Å². The lowest BCUT2D eigenvalue weighted by atomic mass is 10.1. The number of amides is 1. The fourth-order valence-corrected chi connectivity index (χ4v) is 3.43. The number of methoxy groups -OCH3 is 2. The van der Waals surface area contributed by atoms with Gasteiger partial charge in [0.1, 0.15) is 17.4 Å². The molecule has 1 amide bonds. The average molecular weight is 404 g/mol. The van der Waals surface area contributed by atoms with Crippen molar-refractivity contribution in [2.24, 2.45) is 4.99 Å². The van der Waals surface area contributed by atoms with Gasteiger partial charge in [0.15, 0.2) is 11.5 Å². The van der Waals surface area contributed by atoms with Gasteiger partial charge in [-0.3, -0.25) is 9.59 Å². The van der Waals surface area contributed by atoms with Gasteiger partial charge in [-0.25, -0.2) is 9.98 Å². The maximum absolute atomic E-state index is 13.1. The molecule has 8 nitrogen and oxygen atoms in total. The molecule has 1 aliphatic heterocycles. The molecule has 4 rings (SSSR count). The van der Waals surface area contributed by atoms with Gasteiger partial charge >= 0.3 is 0 Å². The van der Waals surface area contributed by atoms with Gasteiger partial charge in [-0.2, -0.15) is 9.69 Å². The van der Waals surface area contributed by atoms with Gasteiger partial charge < -0.3 is 9.47 Å². The van der Waals surface area contributed by atoms with Crippen LogP contribution in [0, 0.1) is 6.92 Å². The number of aryl methyl sites for hydroxylation is 1. The summed E-state index contributed by atoms with van der Waals surface area (Å²) in [6.07, 6.45) is 1.64. The Labute approximate surface area is 172 Å². The van der Waals surface area contributed by atoms with Crippen LogP contribution in [0.4, 0.5) is 0 Å². The van der Waals surface area contributed by atoms with E-state index < -0.39 is 5.91 Å². The van der Waals surface area contributed by atoms with Crippen molar-refractivity contribution < 1.29 is 14.3 Å². The Morgan fingerprint density at radius 3 is 2.43 bits per heavy atom. The Morgan fingerprint density at radius 2 is 1.70 bits per heavy atom. The summed E-state index contributed by atoms with van der Waals surface area (Å²) in [6, 6.07) is 12.3. The molecule has 2 heterocycles.